The zero-order valence-electron chi connectivity index (χ0n) is 8.99. The molecule has 0 aromatic carbocycles. The quantitative estimate of drug-likeness (QED) is 0.572. The first kappa shape index (κ1) is 11.3. The van der Waals surface area contributed by atoms with Gasteiger partial charge in [-0.15, -0.1) is 0 Å². The van der Waals surface area contributed by atoms with Crippen molar-refractivity contribution in [1.82, 2.24) is 10.6 Å². The highest BCUT2D eigenvalue weighted by Crippen LogP contribution is 2.45. The number of carboxylic acids is 1. The van der Waals surface area contributed by atoms with Crippen molar-refractivity contribution in [2.24, 2.45) is 5.41 Å². The van der Waals surface area contributed by atoms with Crippen LogP contribution in [0.5, 0.6) is 0 Å². The molecule has 1 unspecified atom stereocenters. The summed E-state index contributed by atoms with van der Waals surface area (Å²) in [5.41, 5.74) is -0.711. The molecule has 0 aromatic rings. The van der Waals surface area contributed by atoms with E-state index >= 15 is 0 Å². The van der Waals surface area contributed by atoms with Crippen molar-refractivity contribution in [1.29, 1.82) is 0 Å². The summed E-state index contributed by atoms with van der Waals surface area (Å²) in [6, 6.07) is 0. The normalized spacial score (nSPS) is 27.1. The molecular formula is C10H16N2O4. The number of hydrogen-bond donors (Lipinski definition) is 3. The van der Waals surface area contributed by atoms with Crippen LogP contribution in [0.25, 0.3) is 0 Å². The van der Waals surface area contributed by atoms with Gasteiger partial charge in [0.2, 0.25) is 5.91 Å². The minimum Gasteiger partial charge on any atom is -0.481 e. The van der Waals surface area contributed by atoms with Gasteiger partial charge in [0, 0.05) is 19.6 Å². The van der Waals surface area contributed by atoms with Gasteiger partial charge < -0.3 is 20.5 Å². The fraction of sp³-hybridized carbons (Fsp3) is 0.800. The van der Waals surface area contributed by atoms with Crippen molar-refractivity contribution in [2.75, 3.05) is 26.2 Å². The number of ether oxygens (including phenoxy) is 1. The van der Waals surface area contributed by atoms with Gasteiger partial charge in [0.15, 0.2) is 0 Å². The molecule has 1 saturated heterocycles. The lowest BCUT2D eigenvalue weighted by Gasteiger charge is -2.23. The predicted octanol–water partition coefficient (Wildman–Crippen LogP) is -1.04. The van der Waals surface area contributed by atoms with Crippen molar-refractivity contribution < 1.29 is 19.4 Å². The summed E-state index contributed by atoms with van der Waals surface area (Å²) in [6.07, 6.45) is 0.803. The van der Waals surface area contributed by atoms with Gasteiger partial charge in [-0.3, -0.25) is 9.59 Å². The minimum absolute atomic E-state index is 0.209. The molecule has 2 fully saturated rings. The van der Waals surface area contributed by atoms with Gasteiger partial charge in [-0.2, -0.15) is 0 Å². The number of morpholine rings is 1. The number of nitrogens with one attached hydrogen (secondary N) is 2. The van der Waals surface area contributed by atoms with Crippen LogP contribution in [0.15, 0.2) is 0 Å². The summed E-state index contributed by atoms with van der Waals surface area (Å²) < 4.78 is 5.26. The number of amides is 1. The zero-order chi connectivity index (χ0) is 11.6. The van der Waals surface area contributed by atoms with Gasteiger partial charge in [0.05, 0.1) is 12.0 Å². The first-order valence-electron chi connectivity index (χ1n) is 5.47. The fourth-order valence-electron chi connectivity index (χ4n) is 1.72. The van der Waals surface area contributed by atoms with E-state index in [0.29, 0.717) is 26.0 Å². The first-order valence-corrected chi connectivity index (χ1v) is 5.47. The Kier molecular flexibility index (Phi) is 3.11. The second kappa shape index (κ2) is 4.39. The molecule has 0 bridgehead atoms. The van der Waals surface area contributed by atoms with E-state index in [4.69, 9.17) is 9.84 Å². The number of carboxylic acid groups (broad SMARTS) is 1. The highest BCUT2D eigenvalue weighted by Gasteiger charge is 2.50. The van der Waals surface area contributed by atoms with Crippen LogP contribution in [-0.4, -0.2) is 49.3 Å². The minimum atomic E-state index is -0.824. The van der Waals surface area contributed by atoms with E-state index in [-0.39, 0.29) is 12.5 Å². The van der Waals surface area contributed by atoms with Crippen LogP contribution in [0.1, 0.15) is 12.8 Å². The number of carbonyl (C=O) groups is 2. The molecule has 3 N–H and O–H groups in total. The molecule has 1 aliphatic carbocycles. The largest absolute Gasteiger partial charge is 0.481 e. The van der Waals surface area contributed by atoms with Gasteiger partial charge in [0.25, 0.3) is 0 Å². The highest BCUT2D eigenvalue weighted by atomic mass is 16.5. The van der Waals surface area contributed by atoms with Gasteiger partial charge in [0.1, 0.15) is 6.10 Å². The van der Waals surface area contributed by atoms with Crippen molar-refractivity contribution in [3.63, 3.8) is 0 Å². The van der Waals surface area contributed by atoms with Gasteiger partial charge in [-0.25, -0.2) is 0 Å². The molecule has 2 aliphatic rings. The van der Waals surface area contributed by atoms with Crippen molar-refractivity contribution in [2.45, 2.75) is 18.9 Å². The van der Waals surface area contributed by atoms with Crippen LogP contribution < -0.4 is 10.6 Å². The monoisotopic (exact) mass is 228 g/mol. The second-order valence-electron chi connectivity index (χ2n) is 4.37. The van der Waals surface area contributed by atoms with E-state index in [9.17, 15) is 9.59 Å². The van der Waals surface area contributed by atoms with Crippen LogP contribution in [0.3, 0.4) is 0 Å². The molecule has 0 radical (unpaired) electrons. The Morgan fingerprint density at radius 2 is 2.25 bits per heavy atom. The molecule has 6 heteroatoms. The number of carbonyl (C=O) groups excluding carboxylic acids is 1. The molecule has 1 aliphatic heterocycles. The topological polar surface area (TPSA) is 87.7 Å². The first-order chi connectivity index (χ1) is 7.64. The standard InChI is InChI=1S/C10H16N2O4/c13-8(7-5-11-3-4-16-7)12-6-10(1-2-10)9(14)15/h7,11H,1-6H2,(H,12,13)(H,14,15). The van der Waals surface area contributed by atoms with Crippen LogP contribution >= 0.6 is 0 Å². The third-order valence-corrected chi connectivity index (χ3v) is 3.13. The van der Waals surface area contributed by atoms with Crippen LogP contribution in [0.2, 0.25) is 0 Å². The summed E-state index contributed by atoms with van der Waals surface area (Å²) in [5.74, 6) is -1.05. The maximum Gasteiger partial charge on any atom is 0.311 e. The molecule has 1 amide bonds. The van der Waals surface area contributed by atoms with Crippen LogP contribution in [-0.2, 0) is 14.3 Å². The Morgan fingerprint density at radius 1 is 1.50 bits per heavy atom. The van der Waals surface area contributed by atoms with E-state index in [1.807, 2.05) is 0 Å². The number of rotatable bonds is 4. The molecule has 2 rings (SSSR count). The van der Waals surface area contributed by atoms with Gasteiger partial charge >= 0.3 is 5.97 Å². The summed E-state index contributed by atoms with van der Waals surface area (Å²) in [6.45, 7) is 1.97. The lowest BCUT2D eigenvalue weighted by Crippen LogP contribution is -2.49. The van der Waals surface area contributed by atoms with Crippen molar-refractivity contribution in [3.8, 4) is 0 Å². The number of hydrogen-bond acceptors (Lipinski definition) is 4. The SMILES string of the molecule is O=C(NCC1(C(=O)O)CC1)C1CNCCO1. The molecule has 90 valence electrons. The highest BCUT2D eigenvalue weighted by molar-refractivity contribution is 5.83. The Labute approximate surface area is 93.3 Å². The Bertz CT molecular complexity index is 295. The predicted molar refractivity (Wildman–Crippen MR) is 54.9 cm³/mol. The van der Waals surface area contributed by atoms with Gasteiger partial charge in [-0.05, 0) is 12.8 Å². The third kappa shape index (κ3) is 2.33. The van der Waals surface area contributed by atoms with Crippen molar-refractivity contribution >= 4 is 11.9 Å². The fourth-order valence-corrected chi connectivity index (χ4v) is 1.72. The van der Waals surface area contributed by atoms with E-state index in [2.05, 4.69) is 10.6 Å². The van der Waals surface area contributed by atoms with E-state index in [0.717, 1.165) is 6.54 Å². The van der Waals surface area contributed by atoms with Gasteiger partial charge in [-0.1, -0.05) is 0 Å². The van der Waals surface area contributed by atoms with Crippen LogP contribution in [0.4, 0.5) is 0 Å². The van der Waals surface area contributed by atoms with Crippen molar-refractivity contribution in [3.05, 3.63) is 0 Å². The molecule has 1 saturated carbocycles. The van der Waals surface area contributed by atoms with E-state index < -0.39 is 17.5 Å². The Balaban J connectivity index is 1.77. The molecule has 0 aromatic heterocycles. The average molecular weight is 228 g/mol. The Morgan fingerprint density at radius 3 is 2.75 bits per heavy atom. The zero-order valence-corrected chi connectivity index (χ0v) is 8.99. The molecular weight excluding hydrogens is 212 g/mol. The molecule has 1 atom stereocenters. The molecule has 1 heterocycles. The molecule has 6 nitrogen and oxygen atoms in total. The summed E-state index contributed by atoms with van der Waals surface area (Å²) >= 11 is 0. The summed E-state index contributed by atoms with van der Waals surface area (Å²) in [4.78, 5) is 22.5. The molecule has 16 heavy (non-hydrogen) atoms. The summed E-state index contributed by atoms with van der Waals surface area (Å²) in [5, 5.41) is 14.6. The Hall–Kier alpha value is -1.14. The van der Waals surface area contributed by atoms with Crippen LogP contribution in [0, 0.1) is 5.41 Å². The summed E-state index contributed by atoms with van der Waals surface area (Å²) in [7, 11) is 0. The maximum absolute atomic E-state index is 11.6. The number of aliphatic carboxylic acids is 1. The molecule has 0 spiro atoms. The van der Waals surface area contributed by atoms with E-state index in [1.54, 1.807) is 0 Å². The lowest BCUT2D eigenvalue weighted by molar-refractivity contribution is -0.143. The van der Waals surface area contributed by atoms with E-state index in [1.165, 1.54) is 0 Å². The maximum atomic E-state index is 11.6. The second-order valence-corrected chi connectivity index (χ2v) is 4.37. The smallest absolute Gasteiger partial charge is 0.311 e. The average Bonchev–Trinajstić information content (AvgIpc) is 3.08. The lowest BCUT2D eigenvalue weighted by atomic mass is 10.1. The third-order valence-electron chi connectivity index (χ3n) is 3.13.